The molecule has 0 spiro atoms. The highest BCUT2D eigenvalue weighted by molar-refractivity contribution is 6.18. The van der Waals surface area contributed by atoms with E-state index in [9.17, 15) is 49.5 Å². The number of phenols is 4. The number of carbonyl (C=O) groups excluding carboxylic acids is 4. The highest BCUT2D eigenvalue weighted by atomic mass is 16.6. The number of nitrogens with one attached hydrogen (secondary N) is 1. The smallest absolute Gasteiger partial charge is 0.410 e. The molecule has 0 unspecified atom stereocenters. The van der Waals surface area contributed by atoms with Crippen LogP contribution in [0.2, 0.25) is 0 Å². The zero-order valence-electron chi connectivity index (χ0n) is 25.7. The van der Waals surface area contributed by atoms with Crippen LogP contribution in [0.1, 0.15) is 80.6 Å². The number of rotatable bonds is 7. The molecule has 1 aliphatic heterocycles. The minimum atomic E-state index is -1.54. The normalized spacial score (nSPS) is 16.4. The fourth-order valence-corrected chi connectivity index (χ4v) is 5.02. The quantitative estimate of drug-likeness (QED) is 0.159. The Bertz CT molecular complexity index is 1690. The highest BCUT2D eigenvalue weighted by Crippen LogP contribution is 2.35. The molecule has 14 heteroatoms. The molecule has 0 radical (unpaired) electrons. The Morgan fingerprint density at radius 3 is 2.09 bits per heavy atom. The summed E-state index contributed by atoms with van der Waals surface area (Å²) in [7, 11) is 0. The first kappa shape index (κ1) is 34.1. The summed E-state index contributed by atoms with van der Waals surface area (Å²) < 4.78 is 11.2. The maximum absolute atomic E-state index is 13.3. The highest BCUT2D eigenvalue weighted by Gasteiger charge is 2.36. The number of benzene rings is 3. The van der Waals surface area contributed by atoms with E-state index in [1.807, 2.05) is 0 Å². The molecular weight excluding hydrogens is 616 g/mol. The Morgan fingerprint density at radius 1 is 0.851 bits per heavy atom. The third kappa shape index (κ3) is 8.09. The molecule has 1 saturated heterocycles. The summed E-state index contributed by atoms with van der Waals surface area (Å²) in [5.74, 6) is -6.92. The van der Waals surface area contributed by atoms with Gasteiger partial charge in [0.25, 0.3) is 5.91 Å². The Labute approximate surface area is 268 Å². The second-order valence-electron chi connectivity index (χ2n) is 11.9. The van der Waals surface area contributed by atoms with Gasteiger partial charge in [-0.25, -0.2) is 14.4 Å². The number of carbonyl (C=O) groups is 5. The number of nitrogens with zero attached hydrogens (tertiary/aromatic N) is 1. The molecule has 0 aromatic heterocycles. The Balaban J connectivity index is 1.61. The van der Waals surface area contributed by atoms with E-state index in [1.165, 1.54) is 35.2 Å². The van der Waals surface area contributed by atoms with Gasteiger partial charge < -0.3 is 45.2 Å². The Hall–Kier alpha value is -5.79. The SMILES string of the molecule is CC(C)(C)OC(=O)N1CCC[C@@H](OC(=O)c2cc(O)c(C(=O)c3c(O)cccc3C(=O)O)c(O)c2)[C@H](NC(=O)c2ccc(O)cc2)C1. The number of carboxylic acids is 1. The molecule has 1 aliphatic rings. The fraction of sp³-hybridized carbons (Fsp3) is 0.303. The molecule has 3 aromatic rings. The minimum absolute atomic E-state index is 0.0546. The van der Waals surface area contributed by atoms with Crippen LogP contribution in [-0.4, -0.2) is 91.0 Å². The van der Waals surface area contributed by atoms with Crippen LogP contribution in [-0.2, 0) is 9.47 Å². The third-order valence-electron chi connectivity index (χ3n) is 7.20. The molecule has 4 rings (SSSR count). The van der Waals surface area contributed by atoms with Gasteiger partial charge >= 0.3 is 18.0 Å². The van der Waals surface area contributed by atoms with Crippen molar-refractivity contribution in [1.29, 1.82) is 0 Å². The zero-order chi connectivity index (χ0) is 34.6. The van der Waals surface area contributed by atoms with Gasteiger partial charge in [-0.2, -0.15) is 0 Å². The van der Waals surface area contributed by atoms with Crippen molar-refractivity contribution in [3.05, 3.63) is 82.4 Å². The van der Waals surface area contributed by atoms with Crippen LogP contribution in [0.4, 0.5) is 4.79 Å². The first-order valence-corrected chi connectivity index (χ1v) is 14.5. The number of ketones is 1. The van der Waals surface area contributed by atoms with Gasteiger partial charge in [-0.05, 0) is 82.1 Å². The lowest BCUT2D eigenvalue weighted by molar-refractivity contribution is 0.0126. The standard InChI is InChI=1S/C33H34N2O12/c1-33(2,3)47-32(45)35-13-5-8-25(21(16-35)34-29(41)17-9-11-19(36)12-10-17)46-31(44)18-14-23(38)27(24(39)15-18)28(40)26-20(30(42)43)6-4-7-22(26)37/h4,6-7,9-12,14-15,21,25,36-39H,5,8,13,16H2,1-3H3,(H,34,41)(H,42,43)/t21-,25-/m1/s1. The lowest BCUT2D eigenvalue weighted by Crippen LogP contribution is -2.51. The molecular formula is C33H34N2O12. The molecule has 3 aromatic carbocycles. The number of hydrogen-bond donors (Lipinski definition) is 6. The summed E-state index contributed by atoms with van der Waals surface area (Å²) in [5.41, 5.74) is -3.01. The Morgan fingerprint density at radius 2 is 1.49 bits per heavy atom. The molecule has 2 atom stereocenters. The van der Waals surface area contributed by atoms with E-state index in [1.54, 1.807) is 20.8 Å². The van der Waals surface area contributed by atoms with E-state index >= 15 is 0 Å². The fourth-order valence-electron chi connectivity index (χ4n) is 5.02. The number of esters is 1. The monoisotopic (exact) mass is 650 g/mol. The van der Waals surface area contributed by atoms with Crippen molar-refractivity contribution in [2.75, 3.05) is 13.1 Å². The predicted octanol–water partition coefficient (Wildman–Crippen LogP) is 3.79. The molecule has 6 N–H and O–H groups in total. The van der Waals surface area contributed by atoms with Crippen LogP contribution in [0.3, 0.4) is 0 Å². The molecule has 0 saturated carbocycles. The second kappa shape index (κ2) is 13.7. The van der Waals surface area contributed by atoms with E-state index in [4.69, 9.17) is 9.47 Å². The van der Waals surface area contributed by atoms with Gasteiger partial charge in [-0.15, -0.1) is 0 Å². The van der Waals surface area contributed by atoms with Crippen molar-refractivity contribution in [1.82, 2.24) is 10.2 Å². The number of aromatic hydroxyl groups is 4. The molecule has 0 aliphatic carbocycles. The van der Waals surface area contributed by atoms with Gasteiger partial charge in [-0.3, -0.25) is 9.59 Å². The minimum Gasteiger partial charge on any atom is -0.508 e. The van der Waals surface area contributed by atoms with E-state index in [-0.39, 0.29) is 36.4 Å². The van der Waals surface area contributed by atoms with E-state index in [0.29, 0.717) is 6.42 Å². The summed E-state index contributed by atoms with van der Waals surface area (Å²) in [6.07, 6.45) is -1.12. The lowest BCUT2D eigenvalue weighted by atomic mass is 9.95. The van der Waals surface area contributed by atoms with Crippen molar-refractivity contribution in [3.63, 3.8) is 0 Å². The summed E-state index contributed by atoms with van der Waals surface area (Å²) in [5, 5.41) is 53.4. The van der Waals surface area contributed by atoms with Gasteiger partial charge in [0.1, 0.15) is 40.3 Å². The summed E-state index contributed by atoms with van der Waals surface area (Å²) >= 11 is 0. The average molecular weight is 651 g/mol. The summed E-state index contributed by atoms with van der Waals surface area (Å²) in [6, 6.07) is 9.46. The molecule has 0 bridgehead atoms. The number of aromatic carboxylic acids is 1. The second-order valence-corrected chi connectivity index (χ2v) is 11.9. The average Bonchev–Trinajstić information content (AvgIpc) is 3.17. The van der Waals surface area contributed by atoms with Crippen molar-refractivity contribution in [2.24, 2.45) is 0 Å². The maximum Gasteiger partial charge on any atom is 0.410 e. The van der Waals surface area contributed by atoms with Crippen LogP contribution in [0, 0.1) is 0 Å². The van der Waals surface area contributed by atoms with Crippen molar-refractivity contribution < 1.29 is 59.0 Å². The Kier molecular flexibility index (Phi) is 9.93. The molecule has 1 fully saturated rings. The number of carboxylic acid groups (broad SMARTS) is 1. The van der Waals surface area contributed by atoms with E-state index in [2.05, 4.69) is 5.32 Å². The van der Waals surface area contributed by atoms with Gasteiger partial charge in [0.15, 0.2) is 0 Å². The van der Waals surface area contributed by atoms with E-state index < -0.39 is 81.4 Å². The van der Waals surface area contributed by atoms with Gasteiger partial charge in [0.2, 0.25) is 5.78 Å². The lowest BCUT2D eigenvalue weighted by Gasteiger charge is -2.30. The first-order valence-electron chi connectivity index (χ1n) is 14.5. The van der Waals surface area contributed by atoms with Crippen LogP contribution >= 0.6 is 0 Å². The summed E-state index contributed by atoms with van der Waals surface area (Å²) in [6.45, 7) is 5.22. The number of hydrogen-bond acceptors (Lipinski definition) is 11. The predicted molar refractivity (Wildman–Crippen MR) is 164 cm³/mol. The molecule has 14 nitrogen and oxygen atoms in total. The van der Waals surface area contributed by atoms with Crippen LogP contribution in [0.5, 0.6) is 23.0 Å². The molecule has 2 amide bonds. The van der Waals surface area contributed by atoms with Gasteiger partial charge in [0, 0.05) is 18.7 Å². The number of amides is 2. The zero-order valence-corrected chi connectivity index (χ0v) is 25.7. The maximum atomic E-state index is 13.3. The summed E-state index contributed by atoms with van der Waals surface area (Å²) in [4.78, 5) is 65.5. The number of phenolic OH excluding ortho intramolecular Hbond substituents is 4. The van der Waals surface area contributed by atoms with Crippen molar-refractivity contribution in [3.8, 4) is 23.0 Å². The van der Waals surface area contributed by atoms with Crippen molar-refractivity contribution >= 4 is 29.7 Å². The van der Waals surface area contributed by atoms with Crippen LogP contribution < -0.4 is 5.32 Å². The van der Waals surface area contributed by atoms with Crippen LogP contribution in [0.15, 0.2) is 54.6 Å². The molecule has 248 valence electrons. The van der Waals surface area contributed by atoms with Crippen molar-refractivity contribution in [2.45, 2.75) is 51.4 Å². The van der Waals surface area contributed by atoms with Crippen LogP contribution in [0.25, 0.3) is 0 Å². The third-order valence-corrected chi connectivity index (χ3v) is 7.20. The number of ether oxygens (including phenoxy) is 2. The first-order chi connectivity index (χ1) is 22.1. The molecule has 47 heavy (non-hydrogen) atoms. The largest absolute Gasteiger partial charge is 0.508 e. The molecule has 1 heterocycles. The number of likely N-dealkylation sites (tertiary alicyclic amines) is 1. The topological polar surface area (TPSA) is 220 Å². The van der Waals surface area contributed by atoms with E-state index in [0.717, 1.165) is 24.3 Å². The van der Waals surface area contributed by atoms with Gasteiger partial charge in [-0.1, -0.05) is 6.07 Å². The van der Waals surface area contributed by atoms with Gasteiger partial charge in [0.05, 0.1) is 22.7 Å².